The van der Waals surface area contributed by atoms with Crippen molar-refractivity contribution in [3.05, 3.63) is 29.3 Å². The summed E-state index contributed by atoms with van der Waals surface area (Å²) in [6.07, 6.45) is 2.64. The highest BCUT2D eigenvalue weighted by molar-refractivity contribution is 5.96. The molecule has 1 amide bonds. The third-order valence-electron chi connectivity index (χ3n) is 3.71. The van der Waals surface area contributed by atoms with E-state index in [9.17, 15) is 9.59 Å². The number of carbonyl (C=O) groups excluding carboxylic acids is 1. The zero-order valence-corrected chi connectivity index (χ0v) is 11.6. The first-order chi connectivity index (χ1) is 9.58. The zero-order valence-electron chi connectivity index (χ0n) is 11.6. The van der Waals surface area contributed by atoms with Crippen LogP contribution in [0.2, 0.25) is 0 Å². The third-order valence-corrected chi connectivity index (χ3v) is 3.71. The maximum atomic E-state index is 12.0. The minimum absolute atomic E-state index is 0.0515. The van der Waals surface area contributed by atoms with Gasteiger partial charge in [0.15, 0.2) is 0 Å². The summed E-state index contributed by atoms with van der Waals surface area (Å²) in [6, 6.07) is 4.92. The lowest BCUT2D eigenvalue weighted by Gasteiger charge is -2.22. The molecule has 2 rings (SSSR count). The largest absolute Gasteiger partial charge is 0.478 e. The summed E-state index contributed by atoms with van der Waals surface area (Å²) in [6.45, 7) is 3.61. The molecule has 0 radical (unpaired) electrons. The van der Waals surface area contributed by atoms with E-state index in [4.69, 9.17) is 5.11 Å². The molecular formula is C15H20N2O3. The average Bonchev–Trinajstić information content (AvgIpc) is 2.42. The first-order valence-corrected chi connectivity index (χ1v) is 6.91. The monoisotopic (exact) mass is 276 g/mol. The number of aromatic carboxylic acids is 1. The number of hydrogen-bond donors (Lipinski definition) is 3. The molecule has 1 atom stereocenters. The Labute approximate surface area is 118 Å². The van der Waals surface area contributed by atoms with Gasteiger partial charge in [0.2, 0.25) is 5.91 Å². The molecule has 0 aliphatic carbocycles. The predicted molar refractivity (Wildman–Crippen MR) is 77.0 cm³/mol. The number of carbonyl (C=O) groups is 2. The van der Waals surface area contributed by atoms with Crippen LogP contribution in [0, 0.1) is 12.8 Å². The second-order valence-corrected chi connectivity index (χ2v) is 5.25. The second kappa shape index (κ2) is 6.52. The number of hydrogen-bond acceptors (Lipinski definition) is 3. The third kappa shape index (κ3) is 3.57. The average molecular weight is 276 g/mol. The van der Waals surface area contributed by atoms with Gasteiger partial charge in [-0.2, -0.15) is 0 Å². The van der Waals surface area contributed by atoms with Gasteiger partial charge in [-0.25, -0.2) is 4.79 Å². The highest BCUT2D eigenvalue weighted by Crippen LogP contribution is 2.20. The standard InChI is InChI=1S/C15H20N2O3/c1-10-12(15(19)20)5-2-6-13(10)17-14(18)8-11-4-3-7-16-9-11/h2,5-6,11,16H,3-4,7-9H2,1H3,(H,17,18)(H,19,20). The lowest BCUT2D eigenvalue weighted by molar-refractivity contribution is -0.117. The van der Waals surface area contributed by atoms with Gasteiger partial charge in [0.1, 0.15) is 0 Å². The molecule has 0 aromatic heterocycles. The van der Waals surface area contributed by atoms with Gasteiger partial charge in [-0.15, -0.1) is 0 Å². The first-order valence-electron chi connectivity index (χ1n) is 6.91. The van der Waals surface area contributed by atoms with Crippen LogP contribution in [0.15, 0.2) is 18.2 Å². The van der Waals surface area contributed by atoms with Crippen LogP contribution in [0.1, 0.15) is 35.2 Å². The molecule has 1 heterocycles. The van der Waals surface area contributed by atoms with Crippen LogP contribution in [-0.4, -0.2) is 30.1 Å². The smallest absolute Gasteiger partial charge is 0.336 e. The van der Waals surface area contributed by atoms with E-state index in [-0.39, 0.29) is 11.5 Å². The Hall–Kier alpha value is -1.88. The van der Waals surface area contributed by atoms with Crippen molar-refractivity contribution in [2.24, 2.45) is 5.92 Å². The molecule has 1 saturated heterocycles. The van der Waals surface area contributed by atoms with Gasteiger partial charge in [-0.05, 0) is 56.5 Å². The van der Waals surface area contributed by atoms with Gasteiger partial charge in [0.05, 0.1) is 5.56 Å². The molecule has 3 N–H and O–H groups in total. The lowest BCUT2D eigenvalue weighted by Crippen LogP contribution is -2.32. The fourth-order valence-electron chi connectivity index (χ4n) is 2.56. The Morgan fingerprint density at radius 1 is 1.45 bits per heavy atom. The number of nitrogens with one attached hydrogen (secondary N) is 2. The fraction of sp³-hybridized carbons (Fsp3) is 0.467. The van der Waals surface area contributed by atoms with Crippen molar-refractivity contribution in [2.45, 2.75) is 26.2 Å². The molecule has 1 aromatic rings. The Bertz CT molecular complexity index is 508. The topological polar surface area (TPSA) is 78.4 Å². The number of carboxylic acid groups (broad SMARTS) is 1. The first kappa shape index (κ1) is 14.5. The number of carboxylic acids is 1. The van der Waals surface area contributed by atoms with E-state index in [0.29, 0.717) is 23.6 Å². The molecule has 5 heteroatoms. The molecule has 1 aliphatic heterocycles. The number of amides is 1. The summed E-state index contributed by atoms with van der Waals surface area (Å²) in [5.41, 5.74) is 1.40. The van der Waals surface area contributed by atoms with Crippen LogP contribution in [0.3, 0.4) is 0 Å². The predicted octanol–water partition coefficient (Wildman–Crippen LogP) is 2.02. The quantitative estimate of drug-likeness (QED) is 0.786. The molecule has 1 aliphatic rings. The Morgan fingerprint density at radius 2 is 2.25 bits per heavy atom. The van der Waals surface area contributed by atoms with Crippen molar-refractivity contribution in [2.75, 3.05) is 18.4 Å². The van der Waals surface area contributed by atoms with Crippen molar-refractivity contribution in [3.8, 4) is 0 Å². The lowest BCUT2D eigenvalue weighted by atomic mass is 9.96. The summed E-state index contributed by atoms with van der Waals surface area (Å²) in [5.74, 6) is -0.661. The Morgan fingerprint density at radius 3 is 2.90 bits per heavy atom. The molecule has 108 valence electrons. The number of rotatable bonds is 4. The van der Waals surface area contributed by atoms with Crippen LogP contribution >= 0.6 is 0 Å². The summed E-state index contributed by atoms with van der Waals surface area (Å²) in [7, 11) is 0. The number of benzene rings is 1. The van der Waals surface area contributed by atoms with Crippen LogP contribution in [0.25, 0.3) is 0 Å². The van der Waals surface area contributed by atoms with Crippen molar-refractivity contribution < 1.29 is 14.7 Å². The second-order valence-electron chi connectivity index (χ2n) is 5.25. The van der Waals surface area contributed by atoms with Crippen LogP contribution in [0.4, 0.5) is 5.69 Å². The van der Waals surface area contributed by atoms with E-state index in [1.807, 2.05) is 0 Å². The van der Waals surface area contributed by atoms with E-state index in [1.54, 1.807) is 25.1 Å². The van der Waals surface area contributed by atoms with Gasteiger partial charge in [0.25, 0.3) is 0 Å². The molecule has 5 nitrogen and oxygen atoms in total. The minimum atomic E-state index is -0.977. The normalized spacial score (nSPS) is 18.6. The van der Waals surface area contributed by atoms with Gasteiger partial charge < -0.3 is 15.7 Å². The highest BCUT2D eigenvalue weighted by atomic mass is 16.4. The summed E-state index contributed by atoms with van der Waals surface area (Å²) in [5, 5.41) is 15.2. The Kier molecular flexibility index (Phi) is 4.74. The van der Waals surface area contributed by atoms with E-state index in [0.717, 1.165) is 25.9 Å². The molecule has 1 unspecified atom stereocenters. The number of anilines is 1. The highest BCUT2D eigenvalue weighted by Gasteiger charge is 2.18. The molecule has 20 heavy (non-hydrogen) atoms. The summed E-state index contributed by atoms with van der Waals surface area (Å²) >= 11 is 0. The van der Waals surface area contributed by atoms with Gasteiger partial charge >= 0.3 is 5.97 Å². The molecule has 0 saturated carbocycles. The van der Waals surface area contributed by atoms with Gasteiger partial charge in [-0.1, -0.05) is 6.07 Å². The SMILES string of the molecule is Cc1c(NC(=O)CC2CCCNC2)cccc1C(=O)O. The van der Waals surface area contributed by atoms with Crippen LogP contribution in [-0.2, 0) is 4.79 Å². The summed E-state index contributed by atoms with van der Waals surface area (Å²) < 4.78 is 0. The molecule has 1 aromatic carbocycles. The molecule has 0 spiro atoms. The van der Waals surface area contributed by atoms with E-state index >= 15 is 0 Å². The van der Waals surface area contributed by atoms with Crippen molar-refractivity contribution in [3.63, 3.8) is 0 Å². The maximum Gasteiger partial charge on any atom is 0.336 e. The summed E-state index contributed by atoms with van der Waals surface area (Å²) in [4.78, 5) is 23.1. The van der Waals surface area contributed by atoms with Gasteiger partial charge in [0, 0.05) is 12.1 Å². The van der Waals surface area contributed by atoms with Crippen molar-refractivity contribution in [1.29, 1.82) is 0 Å². The van der Waals surface area contributed by atoms with E-state index < -0.39 is 5.97 Å². The minimum Gasteiger partial charge on any atom is -0.478 e. The van der Waals surface area contributed by atoms with Crippen molar-refractivity contribution in [1.82, 2.24) is 5.32 Å². The van der Waals surface area contributed by atoms with Crippen molar-refractivity contribution >= 4 is 17.6 Å². The molecule has 0 bridgehead atoms. The molecular weight excluding hydrogens is 256 g/mol. The fourth-order valence-corrected chi connectivity index (χ4v) is 2.56. The number of piperidine rings is 1. The van der Waals surface area contributed by atoms with E-state index in [1.165, 1.54) is 0 Å². The van der Waals surface area contributed by atoms with Crippen LogP contribution < -0.4 is 10.6 Å². The molecule has 1 fully saturated rings. The van der Waals surface area contributed by atoms with E-state index in [2.05, 4.69) is 10.6 Å². The van der Waals surface area contributed by atoms with Crippen LogP contribution in [0.5, 0.6) is 0 Å². The Balaban J connectivity index is 2.00. The zero-order chi connectivity index (χ0) is 14.5. The maximum absolute atomic E-state index is 12.0. The van der Waals surface area contributed by atoms with Gasteiger partial charge in [-0.3, -0.25) is 4.79 Å².